The Morgan fingerprint density at radius 2 is 2.17 bits per heavy atom. The molecule has 6 nitrogen and oxygen atoms in total. The highest BCUT2D eigenvalue weighted by atomic mass is 19.3. The number of amides is 2. The Hall–Kier alpha value is -2.25. The van der Waals surface area contributed by atoms with E-state index >= 15 is 0 Å². The van der Waals surface area contributed by atoms with Gasteiger partial charge in [-0.25, -0.2) is 13.8 Å². The largest absolute Gasteiger partial charge is 0.472 e. The number of alkyl halides is 2. The fraction of sp³-hybridized carbons (Fsp3) is 0.533. The van der Waals surface area contributed by atoms with Crippen LogP contribution in [-0.2, 0) is 4.79 Å². The Kier molecular flexibility index (Phi) is 4.40. The molecular weight excluding hydrogens is 308 g/mol. The molecular formula is C15H17F2N3O3. The number of hydrogen-bond donors (Lipinski definition) is 1. The molecule has 0 aliphatic carbocycles. The molecule has 2 aliphatic rings. The topological polar surface area (TPSA) is 71.5 Å². The van der Waals surface area contributed by atoms with E-state index in [1.54, 1.807) is 11.0 Å². The molecule has 0 saturated carbocycles. The fourth-order valence-electron chi connectivity index (χ4n) is 3.11. The van der Waals surface area contributed by atoms with E-state index in [1.165, 1.54) is 12.1 Å². The second-order valence-corrected chi connectivity index (χ2v) is 5.67. The van der Waals surface area contributed by atoms with E-state index in [9.17, 15) is 18.4 Å². The lowest BCUT2D eigenvalue weighted by atomic mass is 10.1. The molecule has 3 rings (SSSR count). The zero-order valence-electron chi connectivity index (χ0n) is 12.4. The predicted octanol–water partition coefficient (Wildman–Crippen LogP) is 1.22. The first-order valence-electron chi connectivity index (χ1n) is 7.52. The molecule has 2 unspecified atom stereocenters. The Bertz CT molecular complexity index is 611. The quantitative estimate of drug-likeness (QED) is 0.903. The van der Waals surface area contributed by atoms with Crippen LogP contribution in [0.3, 0.4) is 0 Å². The van der Waals surface area contributed by atoms with Gasteiger partial charge in [-0.05, 0) is 18.9 Å². The van der Waals surface area contributed by atoms with Gasteiger partial charge in [0.1, 0.15) is 5.69 Å². The number of nitrogens with one attached hydrogen (secondary N) is 1. The number of aromatic nitrogens is 1. The molecule has 1 N–H and O–H groups in total. The summed E-state index contributed by atoms with van der Waals surface area (Å²) in [5.41, 5.74) is 0.142. The third-order valence-electron chi connectivity index (χ3n) is 4.11. The zero-order chi connectivity index (χ0) is 16.4. The Morgan fingerprint density at radius 1 is 1.39 bits per heavy atom. The summed E-state index contributed by atoms with van der Waals surface area (Å²) >= 11 is 0. The number of nitrogens with zero attached hydrogens (tertiary/aromatic N) is 2. The van der Waals surface area contributed by atoms with Crippen LogP contribution in [-0.4, -0.2) is 53.4 Å². The summed E-state index contributed by atoms with van der Waals surface area (Å²) in [4.78, 5) is 30.1. The molecule has 0 spiro atoms. The minimum absolute atomic E-state index is 0.00693. The first-order chi connectivity index (χ1) is 11.0. The minimum atomic E-state index is -2.60. The summed E-state index contributed by atoms with van der Waals surface area (Å²) in [6, 6.07) is 4.32. The SMILES string of the molecule is O=C1CC2CCC(CN1)N2C(=O)c1cccc(OCC(F)F)n1. The molecule has 3 heterocycles. The van der Waals surface area contributed by atoms with Crippen LogP contribution in [0, 0.1) is 0 Å². The molecule has 2 amide bonds. The molecule has 2 aliphatic heterocycles. The van der Waals surface area contributed by atoms with Crippen LogP contribution in [0.15, 0.2) is 18.2 Å². The number of carbonyl (C=O) groups is 2. The fourth-order valence-corrected chi connectivity index (χ4v) is 3.11. The first-order valence-corrected chi connectivity index (χ1v) is 7.52. The van der Waals surface area contributed by atoms with Crippen LogP contribution in [0.4, 0.5) is 8.78 Å². The van der Waals surface area contributed by atoms with E-state index < -0.39 is 13.0 Å². The lowest BCUT2D eigenvalue weighted by molar-refractivity contribution is -0.121. The molecule has 0 aromatic carbocycles. The van der Waals surface area contributed by atoms with Crippen LogP contribution in [0.5, 0.6) is 5.88 Å². The van der Waals surface area contributed by atoms with Crippen molar-refractivity contribution in [1.29, 1.82) is 0 Å². The monoisotopic (exact) mass is 325 g/mol. The molecule has 1 aromatic rings. The number of fused-ring (bicyclic) bond motifs is 2. The van der Waals surface area contributed by atoms with E-state index in [1.807, 2.05) is 0 Å². The van der Waals surface area contributed by atoms with Gasteiger partial charge >= 0.3 is 0 Å². The van der Waals surface area contributed by atoms with Crippen LogP contribution < -0.4 is 10.1 Å². The second-order valence-electron chi connectivity index (χ2n) is 5.67. The van der Waals surface area contributed by atoms with E-state index in [0.717, 1.165) is 12.8 Å². The molecule has 2 bridgehead atoms. The average molecular weight is 325 g/mol. The minimum Gasteiger partial charge on any atom is -0.472 e. The summed E-state index contributed by atoms with van der Waals surface area (Å²) in [5.74, 6) is -0.360. The van der Waals surface area contributed by atoms with Gasteiger partial charge in [0.05, 0.1) is 0 Å². The summed E-state index contributed by atoms with van der Waals surface area (Å²) in [6.07, 6.45) is -0.706. The van der Waals surface area contributed by atoms with Crippen LogP contribution in [0.25, 0.3) is 0 Å². The predicted molar refractivity (Wildman–Crippen MR) is 76.3 cm³/mol. The lowest BCUT2D eigenvalue weighted by Crippen LogP contribution is -2.42. The van der Waals surface area contributed by atoms with Crippen LogP contribution in [0.2, 0.25) is 0 Å². The van der Waals surface area contributed by atoms with Gasteiger partial charge in [-0.2, -0.15) is 0 Å². The third-order valence-corrected chi connectivity index (χ3v) is 4.11. The van der Waals surface area contributed by atoms with Crippen molar-refractivity contribution in [2.75, 3.05) is 13.2 Å². The number of rotatable bonds is 4. The van der Waals surface area contributed by atoms with Crippen molar-refractivity contribution in [2.45, 2.75) is 37.8 Å². The van der Waals surface area contributed by atoms with Gasteiger partial charge in [0.15, 0.2) is 6.61 Å². The summed E-state index contributed by atoms with van der Waals surface area (Å²) in [5, 5.41) is 2.80. The maximum Gasteiger partial charge on any atom is 0.273 e. The Morgan fingerprint density at radius 3 is 2.96 bits per heavy atom. The molecule has 23 heavy (non-hydrogen) atoms. The molecule has 2 saturated heterocycles. The van der Waals surface area contributed by atoms with Crippen molar-refractivity contribution >= 4 is 11.8 Å². The Balaban J connectivity index is 1.77. The van der Waals surface area contributed by atoms with Crippen molar-refractivity contribution in [3.8, 4) is 5.88 Å². The first kappa shape index (κ1) is 15.6. The molecule has 1 aromatic heterocycles. The van der Waals surface area contributed by atoms with Gasteiger partial charge in [-0.15, -0.1) is 0 Å². The van der Waals surface area contributed by atoms with E-state index in [-0.39, 0.29) is 41.9 Å². The maximum atomic E-state index is 12.7. The van der Waals surface area contributed by atoms with Crippen molar-refractivity contribution < 1.29 is 23.1 Å². The van der Waals surface area contributed by atoms with Gasteiger partial charge in [-0.1, -0.05) is 6.07 Å². The maximum absolute atomic E-state index is 12.7. The highest BCUT2D eigenvalue weighted by Gasteiger charge is 2.40. The third kappa shape index (κ3) is 3.40. The van der Waals surface area contributed by atoms with Gasteiger partial charge < -0.3 is 15.0 Å². The van der Waals surface area contributed by atoms with Crippen molar-refractivity contribution in [1.82, 2.24) is 15.2 Å². The number of pyridine rings is 1. The van der Waals surface area contributed by atoms with Gasteiger partial charge in [0.25, 0.3) is 12.3 Å². The summed E-state index contributed by atoms with van der Waals surface area (Å²) in [7, 11) is 0. The van der Waals surface area contributed by atoms with Crippen LogP contribution >= 0.6 is 0 Å². The molecule has 0 radical (unpaired) electrons. The number of ether oxygens (including phenoxy) is 1. The highest BCUT2D eigenvalue weighted by molar-refractivity contribution is 5.94. The van der Waals surface area contributed by atoms with Gasteiger partial charge in [0, 0.05) is 31.1 Å². The van der Waals surface area contributed by atoms with Crippen molar-refractivity contribution in [3.05, 3.63) is 23.9 Å². The lowest BCUT2D eigenvalue weighted by Gasteiger charge is -2.27. The van der Waals surface area contributed by atoms with Gasteiger partial charge in [0.2, 0.25) is 11.8 Å². The normalized spacial score (nSPS) is 23.6. The van der Waals surface area contributed by atoms with E-state index in [2.05, 4.69) is 10.3 Å². The molecule has 2 atom stereocenters. The summed E-state index contributed by atoms with van der Waals surface area (Å²) < 4.78 is 29.3. The zero-order valence-corrected chi connectivity index (χ0v) is 12.4. The molecule has 2 fully saturated rings. The number of carbonyl (C=O) groups excluding carboxylic acids is 2. The standard InChI is InChI=1S/C15H17F2N3O3/c16-12(17)8-23-14-3-1-2-11(19-14)15(22)20-9-4-5-10(20)7-18-13(21)6-9/h1-3,9-10,12H,4-8H2,(H,18,21). The average Bonchev–Trinajstić information content (AvgIpc) is 2.84. The van der Waals surface area contributed by atoms with Gasteiger partial charge in [-0.3, -0.25) is 9.59 Å². The highest BCUT2D eigenvalue weighted by Crippen LogP contribution is 2.29. The molecule has 8 heteroatoms. The molecule has 124 valence electrons. The van der Waals surface area contributed by atoms with Crippen molar-refractivity contribution in [3.63, 3.8) is 0 Å². The van der Waals surface area contributed by atoms with Crippen LogP contribution in [0.1, 0.15) is 29.8 Å². The summed E-state index contributed by atoms with van der Waals surface area (Å²) in [6.45, 7) is -0.333. The Labute approximate surface area is 131 Å². The number of halogens is 2. The van der Waals surface area contributed by atoms with E-state index in [0.29, 0.717) is 6.54 Å². The smallest absolute Gasteiger partial charge is 0.273 e. The van der Waals surface area contributed by atoms with Crippen molar-refractivity contribution in [2.24, 2.45) is 0 Å². The van der Waals surface area contributed by atoms with E-state index in [4.69, 9.17) is 4.74 Å². The second kappa shape index (κ2) is 6.47. The number of hydrogen-bond acceptors (Lipinski definition) is 4.